The molecule has 0 N–H and O–H groups in total. The number of aromatic nitrogens is 3. The lowest BCUT2D eigenvalue weighted by atomic mass is 10.1. The van der Waals surface area contributed by atoms with Gasteiger partial charge in [-0.1, -0.05) is 35.9 Å². The summed E-state index contributed by atoms with van der Waals surface area (Å²) in [4.78, 5) is 28.9. The highest BCUT2D eigenvalue weighted by atomic mass is 35.5. The summed E-state index contributed by atoms with van der Waals surface area (Å²) in [6.07, 6.45) is 0. The summed E-state index contributed by atoms with van der Waals surface area (Å²) in [5.74, 6) is 0.297. The van der Waals surface area contributed by atoms with E-state index in [1.807, 2.05) is 35.9 Å². The van der Waals surface area contributed by atoms with E-state index in [1.54, 1.807) is 62.7 Å². The van der Waals surface area contributed by atoms with Crippen molar-refractivity contribution in [1.82, 2.24) is 14.3 Å². The van der Waals surface area contributed by atoms with Crippen molar-refractivity contribution in [2.24, 2.45) is 7.05 Å². The van der Waals surface area contributed by atoms with E-state index in [-0.39, 0.29) is 17.2 Å². The van der Waals surface area contributed by atoms with E-state index in [4.69, 9.17) is 16.3 Å². The maximum absolute atomic E-state index is 13.8. The minimum atomic E-state index is -0.356. The van der Waals surface area contributed by atoms with Gasteiger partial charge in [-0.15, -0.1) is 0 Å². The SMILES string of the molecule is COc1ccc(-n2nc(C(=O)N(C)c3cccc(Cl)c3)c3c4ccccc4n(C)c3c2=O)cc1. The first-order chi connectivity index (χ1) is 16.4. The zero-order valence-electron chi connectivity index (χ0n) is 18.8. The average Bonchev–Trinajstić information content (AvgIpc) is 3.17. The molecule has 8 heteroatoms. The summed E-state index contributed by atoms with van der Waals surface area (Å²) in [6, 6.07) is 21.6. The van der Waals surface area contributed by atoms with E-state index >= 15 is 0 Å². The fourth-order valence-electron chi connectivity index (χ4n) is 4.19. The van der Waals surface area contributed by atoms with Crippen LogP contribution in [0.15, 0.2) is 77.6 Å². The van der Waals surface area contributed by atoms with Crippen molar-refractivity contribution >= 4 is 45.0 Å². The smallest absolute Gasteiger partial charge is 0.296 e. The lowest BCUT2D eigenvalue weighted by molar-refractivity contribution is 0.0988. The fourth-order valence-corrected chi connectivity index (χ4v) is 4.37. The highest BCUT2D eigenvalue weighted by Crippen LogP contribution is 2.30. The molecule has 5 aromatic rings. The number of methoxy groups -OCH3 is 1. The molecular weight excluding hydrogens is 452 g/mol. The van der Waals surface area contributed by atoms with Gasteiger partial charge in [0.2, 0.25) is 0 Å². The lowest BCUT2D eigenvalue weighted by Gasteiger charge is -2.18. The van der Waals surface area contributed by atoms with Gasteiger partial charge in [0.05, 0.1) is 12.8 Å². The van der Waals surface area contributed by atoms with Crippen LogP contribution in [0.1, 0.15) is 10.5 Å². The number of fused-ring (bicyclic) bond motifs is 3. The van der Waals surface area contributed by atoms with Gasteiger partial charge in [-0.05, 0) is 48.5 Å². The molecule has 0 atom stereocenters. The molecule has 0 unspecified atom stereocenters. The number of benzene rings is 3. The lowest BCUT2D eigenvalue weighted by Crippen LogP contribution is -2.31. The maximum Gasteiger partial charge on any atom is 0.296 e. The van der Waals surface area contributed by atoms with Crippen molar-refractivity contribution < 1.29 is 9.53 Å². The molecule has 2 heterocycles. The number of hydrogen-bond donors (Lipinski definition) is 0. The highest BCUT2D eigenvalue weighted by Gasteiger charge is 2.26. The molecular formula is C26H21ClN4O3. The summed E-state index contributed by atoms with van der Waals surface area (Å²) < 4.78 is 8.31. The van der Waals surface area contributed by atoms with Crippen LogP contribution in [-0.4, -0.2) is 34.4 Å². The fraction of sp³-hybridized carbons (Fsp3) is 0.115. The Kier molecular flexibility index (Phi) is 5.34. The zero-order valence-corrected chi connectivity index (χ0v) is 19.6. The maximum atomic E-state index is 13.8. The third kappa shape index (κ3) is 3.41. The molecule has 0 bridgehead atoms. The quantitative estimate of drug-likeness (QED) is 0.376. The molecule has 0 saturated heterocycles. The number of para-hydroxylation sites is 1. The van der Waals surface area contributed by atoms with Gasteiger partial charge >= 0.3 is 0 Å². The van der Waals surface area contributed by atoms with Crippen LogP contribution >= 0.6 is 11.6 Å². The normalized spacial score (nSPS) is 11.2. The van der Waals surface area contributed by atoms with Crippen molar-refractivity contribution in [2.45, 2.75) is 0 Å². The Hall–Kier alpha value is -4.10. The molecule has 3 aromatic carbocycles. The van der Waals surface area contributed by atoms with Crippen LogP contribution in [-0.2, 0) is 7.05 Å². The number of aryl methyl sites for hydroxylation is 1. The number of halogens is 1. The Bertz CT molecular complexity index is 1620. The number of rotatable bonds is 4. The van der Waals surface area contributed by atoms with Gasteiger partial charge in [0, 0.05) is 41.1 Å². The highest BCUT2D eigenvalue weighted by molar-refractivity contribution is 6.31. The molecule has 2 aromatic heterocycles. The minimum absolute atomic E-state index is 0.171. The summed E-state index contributed by atoms with van der Waals surface area (Å²) >= 11 is 6.15. The number of nitrogens with zero attached hydrogens (tertiary/aromatic N) is 4. The molecule has 170 valence electrons. The number of ether oxygens (including phenoxy) is 1. The summed E-state index contributed by atoms with van der Waals surface area (Å²) in [7, 11) is 5.05. The molecule has 0 fully saturated rings. The predicted molar refractivity (Wildman–Crippen MR) is 135 cm³/mol. The van der Waals surface area contributed by atoms with Crippen LogP contribution in [0.4, 0.5) is 5.69 Å². The first kappa shape index (κ1) is 21.7. The number of anilines is 1. The zero-order chi connectivity index (χ0) is 24.0. The summed E-state index contributed by atoms with van der Waals surface area (Å²) in [5.41, 5.74) is 2.23. The Morgan fingerprint density at radius 1 is 1.03 bits per heavy atom. The van der Waals surface area contributed by atoms with Gasteiger partial charge in [-0.25, -0.2) is 0 Å². The van der Waals surface area contributed by atoms with E-state index < -0.39 is 0 Å². The van der Waals surface area contributed by atoms with E-state index in [1.165, 1.54) is 9.58 Å². The molecule has 1 amide bonds. The van der Waals surface area contributed by atoms with Gasteiger partial charge in [-0.3, -0.25) is 9.59 Å². The number of carbonyl (C=O) groups excluding carboxylic acids is 1. The number of hydrogen-bond acceptors (Lipinski definition) is 4. The van der Waals surface area contributed by atoms with Crippen LogP contribution in [0.3, 0.4) is 0 Å². The average molecular weight is 473 g/mol. The summed E-state index contributed by atoms with van der Waals surface area (Å²) in [6.45, 7) is 0. The van der Waals surface area contributed by atoms with Crippen LogP contribution in [0.25, 0.3) is 27.5 Å². The Morgan fingerprint density at radius 2 is 1.76 bits per heavy atom. The second-order valence-electron chi connectivity index (χ2n) is 7.91. The largest absolute Gasteiger partial charge is 0.497 e. The Labute approximate surface area is 200 Å². The van der Waals surface area contributed by atoms with Gasteiger partial charge in [0.25, 0.3) is 11.5 Å². The molecule has 0 radical (unpaired) electrons. The molecule has 7 nitrogen and oxygen atoms in total. The van der Waals surface area contributed by atoms with E-state index in [0.29, 0.717) is 33.0 Å². The third-order valence-corrected chi connectivity index (χ3v) is 6.19. The minimum Gasteiger partial charge on any atom is -0.497 e. The topological polar surface area (TPSA) is 69.4 Å². The van der Waals surface area contributed by atoms with Crippen molar-refractivity contribution in [3.8, 4) is 11.4 Å². The molecule has 34 heavy (non-hydrogen) atoms. The van der Waals surface area contributed by atoms with E-state index in [9.17, 15) is 9.59 Å². The second-order valence-corrected chi connectivity index (χ2v) is 8.34. The Balaban J connectivity index is 1.81. The van der Waals surface area contributed by atoms with Gasteiger partial charge < -0.3 is 14.2 Å². The van der Waals surface area contributed by atoms with Crippen LogP contribution in [0.5, 0.6) is 5.75 Å². The second kappa shape index (κ2) is 8.35. The summed E-state index contributed by atoms with van der Waals surface area (Å²) in [5, 5.41) is 6.41. The van der Waals surface area contributed by atoms with Gasteiger partial charge in [0.1, 0.15) is 11.3 Å². The Morgan fingerprint density at radius 3 is 2.47 bits per heavy atom. The van der Waals surface area contributed by atoms with Crippen molar-refractivity contribution in [3.63, 3.8) is 0 Å². The molecule has 0 saturated carbocycles. The molecule has 0 aliphatic heterocycles. The standard InChI is InChI=1S/C26H21ClN4O3/c1-29(18-8-6-7-16(27)15-18)25(32)23-22-20-9-4-5-10-21(20)30(2)24(22)26(33)31(28-23)17-11-13-19(34-3)14-12-17/h4-15H,1-3H3. The molecule has 0 aliphatic rings. The number of carbonyl (C=O) groups is 1. The third-order valence-electron chi connectivity index (χ3n) is 5.96. The van der Waals surface area contributed by atoms with Crippen LogP contribution in [0, 0.1) is 0 Å². The first-order valence-corrected chi connectivity index (χ1v) is 11.0. The number of amides is 1. The monoisotopic (exact) mass is 472 g/mol. The predicted octanol–water partition coefficient (Wildman–Crippen LogP) is 4.82. The van der Waals surface area contributed by atoms with E-state index in [2.05, 4.69) is 5.10 Å². The van der Waals surface area contributed by atoms with Crippen molar-refractivity contribution in [3.05, 3.63) is 93.9 Å². The van der Waals surface area contributed by atoms with E-state index in [0.717, 1.165) is 10.9 Å². The van der Waals surface area contributed by atoms with Crippen LogP contribution in [0.2, 0.25) is 5.02 Å². The molecule has 0 aliphatic carbocycles. The molecule has 5 rings (SSSR count). The van der Waals surface area contributed by atoms with Crippen LogP contribution < -0.4 is 15.2 Å². The van der Waals surface area contributed by atoms with Gasteiger partial charge in [0.15, 0.2) is 5.69 Å². The van der Waals surface area contributed by atoms with Crippen molar-refractivity contribution in [1.29, 1.82) is 0 Å². The van der Waals surface area contributed by atoms with Gasteiger partial charge in [-0.2, -0.15) is 9.78 Å². The molecule has 0 spiro atoms. The first-order valence-electron chi connectivity index (χ1n) is 10.6. The van der Waals surface area contributed by atoms with Crippen molar-refractivity contribution in [2.75, 3.05) is 19.1 Å².